The van der Waals surface area contributed by atoms with E-state index >= 15 is 0 Å². The van der Waals surface area contributed by atoms with E-state index in [9.17, 15) is 9.59 Å². The lowest BCUT2D eigenvalue weighted by Gasteiger charge is -2.31. The monoisotopic (exact) mass is 538 g/mol. The molecule has 3 aromatic carbocycles. The molecule has 3 rings (SSSR count). The zero-order valence-corrected chi connectivity index (χ0v) is 23.1. The Morgan fingerprint density at radius 1 is 0.973 bits per heavy atom. The maximum Gasteiger partial charge on any atom is 0.243 e. The summed E-state index contributed by atoms with van der Waals surface area (Å²) in [5.74, 6) is 1.54. The standard InChI is InChI=1S/C30H35ClN2O3S/c1-3-4-17-32-30(35)28(19-23-9-6-5-7-10-23)33(20-25-11-8-12-26(31)18-25)29(34)22-37-21-24-13-15-27(36-2)16-14-24/h5-16,18,28H,3-4,17,19-22H2,1-2H3,(H,32,35). The lowest BCUT2D eigenvalue weighted by Crippen LogP contribution is -2.51. The van der Waals surface area contributed by atoms with Gasteiger partial charge in [0.2, 0.25) is 11.8 Å². The molecule has 2 amide bonds. The molecule has 1 atom stereocenters. The van der Waals surface area contributed by atoms with Crippen molar-refractivity contribution in [1.82, 2.24) is 10.2 Å². The lowest BCUT2D eigenvalue weighted by atomic mass is 10.0. The van der Waals surface area contributed by atoms with Crippen LogP contribution in [0.25, 0.3) is 0 Å². The second-order valence-electron chi connectivity index (χ2n) is 8.84. The fraction of sp³-hybridized carbons (Fsp3) is 0.333. The number of halogens is 1. The zero-order valence-electron chi connectivity index (χ0n) is 21.5. The molecule has 0 spiro atoms. The van der Waals surface area contributed by atoms with E-state index in [0.29, 0.717) is 30.3 Å². The van der Waals surface area contributed by atoms with E-state index in [2.05, 4.69) is 12.2 Å². The van der Waals surface area contributed by atoms with E-state index in [-0.39, 0.29) is 17.6 Å². The van der Waals surface area contributed by atoms with Crippen LogP contribution in [0.4, 0.5) is 0 Å². The third kappa shape index (κ3) is 9.45. The smallest absolute Gasteiger partial charge is 0.243 e. The molecule has 0 aromatic heterocycles. The third-order valence-electron chi connectivity index (χ3n) is 6.00. The first kappa shape index (κ1) is 28.6. The highest BCUT2D eigenvalue weighted by Crippen LogP contribution is 2.21. The molecule has 1 unspecified atom stereocenters. The molecule has 196 valence electrons. The highest BCUT2D eigenvalue weighted by atomic mass is 35.5. The van der Waals surface area contributed by atoms with Gasteiger partial charge in [0.25, 0.3) is 0 Å². The second-order valence-corrected chi connectivity index (χ2v) is 10.3. The van der Waals surface area contributed by atoms with Crippen molar-refractivity contribution >= 4 is 35.2 Å². The molecule has 0 aliphatic heterocycles. The Kier molecular flexibility index (Phi) is 11.9. The van der Waals surface area contributed by atoms with Gasteiger partial charge in [-0.15, -0.1) is 11.8 Å². The lowest BCUT2D eigenvalue weighted by molar-refractivity contribution is -0.139. The first-order valence-electron chi connectivity index (χ1n) is 12.6. The van der Waals surface area contributed by atoms with Crippen LogP contribution < -0.4 is 10.1 Å². The highest BCUT2D eigenvalue weighted by Gasteiger charge is 2.30. The van der Waals surface area contributed by atoms with Gasteiger partial charge in [0.15, 0.2) is 0 Å². The number of rotatable bonds is 14. The average Bonchev–Trinajstić information content (AvgIpc) is 2.91. The molecule has 7 heteroatoms. The Bertz CT molecular complexity index is 1130. The summed E-state index contributed by atoms with van der Waals surface area (Å²) in [6.45, 7) is 2.98. The topological polar surface area (TPSA) is 58.6 Å². The van der Waals surface area contributed by atoms with Gasteiger partial charge in [-0.2, -0.15) is 0 Å². The number of nitrogens with one attached hydrogen (secondary N) is 1. The van der Waals surface area contributed by atoms with Gasteiger partial charge in [0, 0.05) is 30.3 Å². The van der Waals surface area contributed by atoms with Crippen LogP contribution in [0.2, 0.25) is 5.02 Å². The number of unbranched alkanes of at least 4 members (excludes halogenated alkanes) is 1. The average molecular weight is 539 g/mol. The first-order chi connectivity index (χ1) is 18.0. The van der Waals surface area contributed by atoms with Crippen LogP contribution in [0.5, 0.6) is 5.75 Å². The summed E-state index contributed by atoms with van der Waals surface area (Å²) >= 11 is 7.78. The Morgan fingerprint density at radius 2 is 1.70 bits per heavy atom. The van der Waals surface area contributed by atoms with Crippen molar-refractivity contribution in [2.75, 3.05) is 19.4 Å². The minimum absolute atomic E-state index is 0.0786. The summed E-state index contributed by atoms with van der Waals surface area (Å²) in [5, 5.41) is 3.65. The Balaban J connectivity index is 1.81. The molecule has 0 bridgehead atoms. The van der Waals surface area contributed by atoms with Crippen molar-refractivity contribution < 1.29 is 14.3 Å². The zero-order chi connectivity index (χ0) is 26.5. The van der Waals surface area contributed by atoms with Crippen molar-refractivity contribution in [3.63, 3.8) is 0 Å². The molecule has 1 N–H and O–H groups in total. The Hall–Kier alpha value is -2.96. The normalized spacial score (nSPS) is 11.5. The number of thioether (sulfide) groups is 1. The van der Waals surface area contributed by atoms with Crippen LogP contribution in [0.15, 0.2) is 78.9 Å². The first-order valence-corrected chi connectivity index (χ1v) is 14.1. The molecule has 0 fully saturated rings. The van der Waals surface area contributed by atoms with Crippen molar-refractivity contribution in [1.29, 1.82) is 0 Å². The largest absolute Gasteiger partial charge is 0.497 e. The quantitative estimate of drug-likeness (QED) is 0.250. The summed E-state index contributed by atoms with van der Waals surface area (Å²) in [4.78, 5) is 28.8. The van der Waals surface area contributed by atoms with E-state index in [1.807, 2.05) is 72.8 Å². The number of methoxy groups -OCH3 is 1. The van der Waals surface area contributed by atoms with Gasteiger partial charge in [0.1, 0.15) is 11.8 Å². The van der Waals surface area contributed by atoms with Gasteiger partial charge < -0.3 is 15.0 Å². The van der Waals surface area contributed by atoms with Crippen molar-refractivity contribution in [2.24, 2.45) is 0 Å². The number of hydrogen-bond acceptors (Lipinski definition) is 4. The summed E-state index contributed by atoms with van der Waals surface area (Å²) < 4.78 is 5.23. The summed E-state index contributed by atoms with van der Waals surface area (Å²) in [6.07, 6.45) is 2.31. The number of nitrogens with zero attached hydrogens (tertiary/aromatic N) is 1. The summed E-state index contributed by atoms with van der Waals surface area (Å²) in [6, 6.07) is 24.5. The molecule has 37 heavy (non-hydrogen) atoms. The Labute approximate surface area is 229 Å². The third-order valence-corrected chi connectivity index (χ3v) is 7.22. The molecule has 0 saturated heterocycles. The van der Waals surface area contributed by atoms with Crippen molar-refractivity contribution in [3.05, 3.63) is 101 Å². The van der Waals surface area contributed by atoms with Gasteiger partial charge in [-0.3, -0.25) is 9.59 Å². The number of ether oxygens (including phenoxy) is 1. The SMILES string of the molecule is CCCCNC(=O)C(Cc1ccccc1)N(Cc1cccc(Cl)c1)C(=O)CSCc1ccc(OC)cc1. The molecular formula is C30H35ClN2O3S. The van der Waals surface area contributed by atoms with Gasteiger partial charge in [-0.25, -0.2) is 0 Å². The molecule has 3 aromatic rings. The molecule has 5 nitrogen and oxygen atoms in total. The number of carbonyl (C=O) groups is 2. The second kappa shape index (κ2) is 15.3. The minimum atomic E-state index is -0.632. The number of carbonyl (C=O) groups excluding carboxylic acids is 2. The van der Waals surface area contributed by atoms with Gasteiger partial charge in [0.05, 0.1) is 12.9 Å². The van der Waals surface area contributed by atoms with Crippen molar-refractivity contribution in [3.8, 4) is 5.75 Å². The molecule has 0 aliphatic rings. The molecule has 0 heterocycles. The van der Waals surface area contributed by atoms with Crippen LogP contribution in [0.1, 0.15) is 36.5 Å². The van der Waals surface area contributed by atoms with Crippen LogP contribution in [-0.2, 0) is 28.3 Å². The summed E-state index contributed by atoms with van der Waals surface area (Å²) in [7, 11) is 1.64. The van der Waals surface area contributed by atoms with Crippen LogP contribution in [0.3, 0.4) is 0 Å². The molecule has 0 aliphatic carbocycles. The number of hydrogen-bond donors (Lipinski definition) is 1. The fourth-order valence-corrected chi connectivity index (χ4v) is 5.04. The summed E-state index contributed by atoms with van der Waals surface area (Å²) in [5.41, 5.74) is 3.01. The number of amides is 2. The maximum atomic E-state index is 13.7. The predicted octanol–water partition coefficient (Wildman–Crippen LogP) is 6.14. The predicted molar refractivity (Wildman–Crippen MR) is 153 cm³/mol. The van der Waals surface area contributed by atoms with Crippen LogP contribution in [0, 0.1) is 0 Å². The number of benzene rings is 3. The van der Waals surface area contributed by atoms with E-state index in [0.717, 1.165) is 35.3 Å². The molecule has 0 radical (unpaired) electrons. The highest BCUT2D eigenvalue weighted by molar-refractivity contribution is 7.99. The van der Waals surface area contributed by atoms with E-state index in [1.54, 1.807) is 18.1 Å². The van der Waals surface area contributed by atoms with Crippen LogP contribution >= 0.6 is 23.4 Å². The van der Waals surface area contributed by atoms with E-state index in [4.69, 9.17) is 16.3 Å². The van der Waals surface area contributed by atoms with Crippen LogP contribution in [-0.4, -0.2) is 42.2 Å². The van der Waals surface area contributed by atoms with E-state index in [1.165, 1.54) is 11.8 Å². The minimum Gasteiger partial charge on any atom is -0.497 e. The fourth-order valence-electron chi connectivity index (χ4n) is 3.95. The van der Waals surface area contributed by atoms with Gasteiger partial charge in [-0.1, -0.05) is 79.5 Å². The van der Waals surface area contributed by atoms with Gasteiger partial charge >= 0.3 is 0 Å². The van der Waals surface area contributed by atoms with Gasteiger partial charge in [-0.05, 0) is 47.4 Å². The molecular weight excluding hydrogens is 504 g/mol. The maximum absolute atomic E-state index is 13.7. The molecule has 0 saturated carbocycles. The van der Waals surface area contributed by atoms with Crippen molar-refractivity contribution in [2.45, 2.75) is 44.5 Å². The van der Waals surface area contributed by atoms with E-state index < -0.39 is 6.04 Å². The Morgan fingerprint density at radius 3 is 2.38 bits per heavy atom.